The highest BCUT2D eigenvalue weighted by molar-refractivity contribution is 7.46. The first-order valence-electron chi connectivity index (χ1n) is 35.0. The van der Waals surface area contributed by atoms with Gasteiger partial charge in [0.15, 0.2) is 12.6 Å². The minimum absolute atomic E-state index is 0.00889. The molecule has 2 rings (SSSR count). The Morgan fingerprint density at radius 1 is 0.472 bits per heavy atom. The van der Waals surface area contributed by atoms with Crippen molar-refractivity contribution in [3.63, 3.8) is 0 Å². The van der Waals surface area contributed by atoms with Crippen LogP contribution in [0.15, 0.2) is 12.2 Å². The van der Waals surface area contributed by atoms with Crippen molar-refractivity contribution in [1.82, 2.24) is 10.6 Å². The van der Waals surface area contributed by atoms with Crippen molar-refractivity contribution in [2.75, 3.05) is 40.6 Å². The van der Waals surface area contributed by atoms with Crippen LogP contribution in [0.1, 0.15) is 285 Å². The number of aliphatic hydroxyl groups excluding tert-OH is 1. The Balaban J connectivity index is 2.45. The van der Waals surface area contributed by atoms with Gasteiger partial charge < -0.3 is 68.5 Å². The van der Waals surface area contributed by atoms with Crippen LogP contribution in [0.5, 0.6) is 0 Å². The smallest absolute Gasteiger partial charge is 0.388 e. The predicted molar refractivity (Wildman–Crippen MR) is 347 cm³/mol. The number of allylic oxidation sites excluding steroid dienone is 2. The van der Waals surface area contributed by atoms with Crippen molar-refractivity contribution in [2.45, 2.75) is 352 Å². The zero-order valence-corrected chi connectivity index (χ0v) is 57.8. The molecule has 21 nitrogen and oxygen atoms in total. The van der Waals surface area contributed by atoms with Gasteiger partial charge in [0.25, 0.3) is 0 Å². The molecule has 6 unspecified atom stereocenters. The van der Waals surface area contributed by atoms with Gasteiger partial charge in [-0.15, -0.1) is 0 Å². The van der Waals surface area contributed by atoms with Gasteiger partial charge in [0.1, 0.15) is 54.5 Å². The zero-order chi connectivity index (χ0) is 65.4. The van der Waals surface area contributed by atoms with Crippen LogP contribution in [-0.2, 0) is 65.7 Å². The minimum Gasteiger partial charge on any atom is -0.388 e. The van der Waals surface area contributed by atoms with Gasteiger partial charge in [0, 0.05) is 40.3 Å². The number of carbonyl (C=O) groups excluding carboxylic acids is 3. The molecule has 7 N–H and O–H groups in total. The number of hydrogen-bond donors (Lipinski definition) is 7. The predicted octanol–water partition coefficient (Wildman–Crippen LogP) is 13.6. The molecular formula is C66H126N2O19P2. The molecule has 2 saturated heterocycles. The standard InChI is InChI=1S/C66H126N2O19P2/c1-7-11-15-19-22-25-26-27-28-29-30-32-34-38-42-46-57(70)67-60-64(82-49-47-54(80-6)45-41-36-18-14-10-4)62(86-88(73,74)75)56(51-79-5)85-65(60)83-52-55-61(72)63(81-48-43-39-35-24-21-17-13-9-3)59(66(84-55)87-89(76,77)78)68-58(71)50-53(69)44-40-37-33-31-23-20-16-12-8-2/h25-26,54-56,59-66,72H,7-24,27-52H2,1-6H3,(H,67,70)(H,68,71)(H2,73,74,75)(H2,76,77,78)/b26-25-/t54?,55?,56?,59-,60-,61-,62-,63?,64?,65?,66-/m1/s1. The number of hydrogen-bond acceptors (Lipinski definition) is 15. The molecule has 2 amide bonds. The van der Waals surface area contributed by atoms with Gasteiger partial charge in [0.05, 0.1) is 25.7 Å². The van der Waals surface area contributed by atoms with Crippen molar-refractivity contribution in [1.29, 1.82) is 0 Å². The molecule has 89 heavy (non-hydrogen) atoms. The van der Waals surface area contributed by atoms with E-state index in [1.807, 2.05) is 0 Å². The highest BCUT2D eigenvalue weighted by Crippen LogP contribution is 2.44. The van der Waals surface area contributed by atoms with E-state index >= 15 is 0 Å². The SMILES string of the molecule is CCCCCC/C=C\CCCCCCCCCC(=O)N[C@H]1C(OCC2O[C@H](OP(=O)(O)O)[C@H](NC(=O)CC(=O)CCCCCCCCCCC)C(OCCCCCCCCCC)[C@@H]2O)OC(COC)[C@@H](OP(=O)(O)O)C1OCCC(CCCCCCC)OC. The topological polar surface area (TPSA) is 294 Å². The second-order valence-corrected chi connectivity index (χ2v) is 27.2. The van der Waals surface area contributed by atoms with E-state index in [1.165, 1.54) is 58.5 Å². The molecule has 11 atom stereocenters. The normalized spacial score (nSPS) is 22.9. The lowest BCUT2D eigenvalue weighted by Gasteiger charge is -2.47. The summed E-state index contributed by atoms with van der Waals surface area (Å²) < 4.78 is 79.3. The molecule has 0 spiro atoms. The molecule has 0 aromatic carbocycles. The van der Waals surface area contributed by atoms with Crippen molar-refractivity contribution < 1.29 is 90.4 Å². The first kappa shape index (κ1) is 83.3. The number of nitrogens with one attached hydrogen (secondary N) is 2. The van der Waals surface area contributed by atoms with E-state index in [4.69, 9.17) is 42.2 Å². The monoisotopic (exact) mass is 1310 g/mol. The van der Waals surface area contributed by atoms with Crippen LogP contribution in [0.2, 0.25) is 0 Å². The van der Waals surface area contributed by atoms with Gasteiger partial charge in [-0.2, -0.15) is 0 Å². The van der Waals surface area contributed by atoms with E-state index in [2.05, 4.69) is 50.5 Å². The van der Waals surface area contributed by atoms with Gasteiger partial charge in [0.2, 0.25) is 11.8 Å². The minimum atomic E-state index is -5.39. The quantitative estimate of drug-likeness (QED) is 0.0129. The Morgan fingerprint density at radius 3 is 1.45 bits per heavy atom. The average molecular weight is 1310 g/mol. The Labute approximate surface area is 536 Å². The summed E-state index contributed by atoms with van der Waals surface area (Å²) in [6.07, 6.45) is 29.6. The van der Waals surface area contributed by atoms with Crippen LogP contribution >= 0.6 is 15.6 Å². The zero-order valence-electron chi connectivity index (χ0n) is 56.0. The maximum absolute atomic E-state index is 14.1. The van der Waals surface area contributed by atoms with Crippen LogP contribution in [0, 0.1) is 0 Å². The summed E-state index contributed by atoms with van der Waals surface area (Å²) in [6.45, 7) is 7.91. The van der Waals surface area contributed by atoms with Crippen LogP contribution in [0.4, 0.5) is 0 Å². The van der Waals surface area contributed by atoms with Crippen LogP contribution < -0.4 is 10.6 Å². The number of carbonyl (C=O) groups is 3. The largest absolute Gasteiger partial charge is 0.472 e. The fourth-order valence-corrected chi connectivity index (χ4v) is 12.7. The third kappa shape index (κ3) is 41.0. The summed E-state index contributed by atoms with van der Waals surface area (Å²) in [6, 6.07) is -2.84. The number of rotatable bonds is 59. The highest BCUT2D eigenvalue weighted by atomic mass is 31.2. The number of phosphoric ester groups is 2. The fraction of sp³-hybridized carbons (Fsp3) is 0.924. The lowest BCUT2D eigenvalue weighted by Crippen LogP contribution is -2.67. The third-order valence-corrected chi connectivity index (χ3v) is 17.8. The second-order valence-electron chi connectivity index (χ2n) is 24.8. The van der Waals surface area contributed by atoms with Crippen LogP contribution in [0.25, 0.3) is 0 Å². The maximum atomic E-state index is 14.1. The number of Topliss-reactive ketones (excluding diaryl/α,β-unsaturated/α-hetero) is 1. The molecule has 0 bridgehead atoms. The molecule has 23 heteroatoms. The Kier molecular flexibility index (Phi) is 49.2. The molecule has 0 saturated carbocycles. The third-order valence-electron chi connectivity index (χ3n) is 16.8. The molecule has 2 aliphatic heterocycles. The first-order chi connectivity index (χ1) is 42.9. The van der Waals surface area contributed by atoms with Crippen LogP contribution in [0.3, 0.4) is 0 Å². The number of unbranched alkanes of at least 4 members (excludes halogenated alkanes) is 30. The highest BCUT2D eigenvalue weighted by Gasteiger charge is 2.53. The van der Waals surface area contributed by atoms with Crippen molar-refractivity contribution in [3.05, 3.63) is 12.2 Å². The lowest BCUT2D eigenvalue weighted by atomic mass is 9.95. The van der Waals surface area contributed by atoms with Crippen molar-refractivity contribution in [2.24, 2.45) is 0 Å². The van der Waals surface area contributed by atoms with Gasteiger partial charge in [-0.1, -0.05) is 220 Å². The summed E-state index contributed by atoms with van der Waals surface area (Å²) in [5.74, 6) is -1.52. The fourth-order valence-electron chi connectivity index (χ4n) is 11.7. The first-order valence-corrected chi connectivity index (χ1v) is 38.1. The summed E-state index contributed by atoms with van der Waals surface area (Å²) in [4.78, 5) is 82.2. The van der Waals surface area contributed by atoms with E-state index in [0.717, 1.165) is 161 Å². The van der Waals surface area contributed by atoms with E-state index in [1.54, 1.807) is 7.11 Å². The van der Waals surface area contributed by atoms with Gasteiger partial charge in [-0.05, 0) is 57.8 Å². The summed E-state index contributed by atoms with van der Waals surface area (Å²) in [5, 5.41) is 17.9. The number of ether oxygens (including phenoxy) is 7. The van der Waals surface area contributed by atoms with E-state index in [0.29, 0.717) is 25.7 Å². The second kappa shape index (κ2) is 52.5. The number of amides is 2. The van der Waals surface area contributed by atoms with Crippen LogP contribution in [-0.4, -0.2) is 150 Å². The Morgan fingerprint density at radius 2 is 0.921 bits per heavy atom. The lowest BCUT2D eigenvalue weighted by molar-refractivity contribution is -0.301. The van der Waals surface area contributed by atoms with Gasteiger partial charge >= 0.3 is 15.6 Å². The molecule has 0 radical (unpaired) electrons. The Bertz CT molecular complexity index is 1900. The maximum Gasteiger partial charge on any atom is 0.472 e. The number of aliphatic hydroxyl groups is 1. The summed E-state index contributed by atoms with van der Waals surface area (Å²) in [7, 11) is -7.69. The summed E-state index contributed by atoms with van der Waals surface area (Å²) >= 11 is 0. The summed E-state index contributed by atoms with van der Waals surface area (Å²) in [5.41, 5.74) is 0. The van der Waals surface area contributed by atoms with E-state index in [9.17, 15) is 48.2 Å². The molecule has 2 fully saturated rings. The number of methoxy groups -OCH3 is 2. The van der Waals surface area contributed by atoms with E-state index < -0.39 is 102 Å². The van der Waals surface area contributed by atoms with Crippen molar-refractivity contribution in [3.8, 4) is 0 Å². The number of phosphoric acid groups is 2. The molecule has 0 aliphatic carbocycles. The van der Waals surface area contributed by atoms with Gasteiger partial charge in [-0.3, -0.25) is 23.4 Å². The number of ketones is 1. The van der Waals surface area contributed by atoms with Gasteiger partial charge in [-0.25, -0.2) is 9.13 Å². The average Bonchev–Trinajstić information content (AvgIpc) is 0.966. The molecule has 2 aliphatic rings. The Hall–Kier alpha value is -1.75. The van der Waals surface area contributed by atoms with Crippen molar-refractivity contribution >= 4 is 33.2 Å². The van der Waals surface area contributed by atoms with E-state index in [-0.39, 0.29) is 44.5 Å². The molecule has 524 valence electrons. The molecule has 2 heterocycles. The molecule has 0 aromatic heterocycles. The molecule has 0 aromatic rings. The molecular weight excluding hydrogens is 1190 g/mol.